The van der Waals surface area contributed by atoms with E-state index in [0.29, 0.717) is 18.4 Å². The van der Waals surface area contributed by atoms with Crippen LogP contribution in [0.25, 0.3) is 0 Å². The third kappa shape index (κ3) is 2.91. The van der Waals surface area contributed by atoms with Crippen LogP contribution in [0.1, 0.15) is 40.4 Å². The van der Waals surface area contributed by atoms with Crippen molar-refractivity contribution in [2.45, 2.75) is 31.4 Å². The second kappa shape index (κ2) is 6.33. The van der Waals surface area contributed by atoms with Gasteiger partial charge in [-0.05, 0) is 41.8 Å². The van der Waals surface area contributed by atoms with Gasteiger partial charge in [0.15, 0.2) is 0 Å². The minimum Gasteiger partial charge on any atom is -0.390 e. The average molecular weight is 336 g/mol. The summed E-state index contributed by atoms with van der Waals surface area (Å²) in [6, 6.07) is 14.4. The van der Waals surface area contributed by atoms with Crippen LogP contribution in [-0.2, 0) is 11.2 Å². The quantitative estimate of drug-likeness (QED) is 0.903. The number of hydrogen-bond donors (Lipinski definition) is 2. The number of carbonyl (C=O) groups is 2. The molecule has 1 fully saturated rings. The van der Waals surface area contributed by atoms with E-state index in [9.17, 15) is 14.7 Å². The summed E-state index contributed by atoms with van der Waals surface area (Å²) in [6.45, 7) is 0.732. The normalized spacial score (nSPS) is 22.1. The van der Waals surface area contributed by atoms with E-state index in [4.69, 9.17) is 0 Å². The first kappa shape index (κ1) is 15.8. The molecule has 2 N–H and O–H groups in total. The molecule has 2 aliphatic rings. The fourth-order valence-electron chi connectivity index (χ4n) is 3.69. The van der Waals surface area contributed by atoms with Gasteiger partial charge in [0.25, 0.3) is 5.91 Å². The summed E-state index contributed by atoms with van der Waals surface area (Å²) in [5.41, 5.74) is 3.39. The average Bonchev–Trinajstić information content (AvgIpc) is 3.19. The monoisotopic (exact) mass is 336 g/mol. The molecule has 0 radical (unpaired) electrons. The van der Waals surface area contributed by atoms with E-state index >= 15 is 0 Å². The minimum absolute atomic E-state index is 0.128. The van der Waals surface area contributed by atoms with Crippen molar-refractivity contribution in [3.05, 3.63) is 65.2 Å². The number of hydrogen-bond acceptors (Lipinski definition) is 3. The van der Waals surface area contributed by atoms with Crippen molar-refractivity contribution in [2.75, 3.05) is 11.4 Å². The number of nitrogens with zero attached hydrogens (tertiary/aromatic N) is 1. The second-order valence-electron chi connectivity index (χ2n) is 6.62. The van der Waals surface area contributed by atoms with Crippen molar-refractivity contribution < 1.29 is 14.7 Å². The van der Waals surface area contributed by atoms with Crippen LogP contribution >= 0.6 is 0 Å². The van der Waals surface area contributed by atoms with Crippen molar-refractivity contribution in [3.63, 3.8) is 0 Å². The molecule has 1 aliphatic heterocycles. The van der Waals surface area contributed by atoms with Gasteiger partial charge in [0.2, 0.25) is 5.91 Å². The maximum absolute atomic E-state index is 12.6. The topological polar surface area (TPSA) is 69.6 Å². The number of rotatable bonds is 3. The molecule has 2 atom stereocenters. The summed E-state index contributed by atoms with van der Waals surface area (Å²) < 4.78 is 0. The Kier molecular flexibility index (Phi) is 4.01. The van der Waals surface area contributed by atoms with Crippen LogP contribution in [0.4, 0.5) is 5.69 Å². The Morgan fingerprint density at radius 1 is 1.12 bits per heavy atom. The third-order valence-corrected chi connectivity index (χ3v) is 5.01. The molecule has 25 heavy (non-hydrogen) atoms. The molecular formula is C20H20N2O3. The molecule has 0 unspecified atom stereocenters. The van der Waals surface area contributed by atoms with E-state index in [1.807, 2.05) is 24.3 Å². The first-order valence-corrected chi connectivity index (χ1v) is 8.60. The molecule has 2 amide bonds. The van der Waals surface area contributed by atoms with Crippen molar-refractivity contribution in [1.29, 1.82) is 0 Å². The van der Waals surface area contributed by atoms with Gasteiger partial charge < -0.3 is 15.3 Å². The summed E-state index contributed by atoms with van der Waals surface area (Å²) in [7, 11) is 0. The maximum atomic E-state index is 12.6. The van der Waals surface area contributed by atoms with Crippen molar-refractivity contribution >= 4 is 17.5 Å². The number of aliphatic hydroxyl groups is 1. The summed E-state index contributed by atoms with van der Waals surface area (Å²) in [5.74, 6) is -0.0945. The van der Waals surface area contributed by atoms with E-state index in [1.54, 1.807) is 29.2 Å². The van der Waals surface area contributed by atoms with Gasteiger partial charge in [0.05, 0.1) is 12.1 Å². The highest BCUT2D eigenvalue weighted by Crippen LogP contribution is 2.31. The third-order valence-electron chi connectivity index (χ3n) is 5.01. The Morgan fingerprint density at radius 2 is 1.88 bits per heavy atom. The van der Waals surface area contributed by atoms with E-state index in [2.05, 4.69) is 5.32 Å². The summed E-state index contributed by atoms with van der Waals surface area (Å²) in [5, 5.41) is 13.2. The van der Waals surface area contributed by atoms with Crippen LogP contribution in [0.15, 0.2) is 48.5 Å². The molecule has 128 valence electrons. The van der Waals surface area contributed by atoms with Crippen LogP contribution in [-0.4, -0.2) is 29.6 Å². The summed E-state index contributed by atoms with van der Waals surface area (Å²) >= 11 is 0. The van der Waals surface area contributed by atoms with E-state index in [-0.39, 0.29) is 17.9 Å². The number of fused-ring (bicyclic) bond motifs is 1. The molecule has 5 nitrogen and oxygen atoms in total. The Balaban J connectivity index is 1.49. The predicted molar refractivity (Wildman–Crippen MR) is 94.4 cm³/mol. The second-order valence-corrected chi connectivity index (χ2v) is 6.62. The molecule has 4 rings (SSSR count). The molecule has 0 aromatic heterocycles. The van der Waals surface area contributed by atoms with Gasteiger partial charge in [0.1, 0.15) is 0 Å². The van der Waals surface area contributed by atoms with Crippen LogP contribution in [0.2, 0.25) is 0 Å². The number of benzene rings is 2. The molecule has 0 saturated carbocycles. The van der Waals surface area contributed by atoms with Crippen molar-refractivity contribution in [1.82, 2.24) is 5.32 Å². The zero-order valence-electron chi connectivity index (χ0n) is 13.8. The molecule has 2 aromatic rings. The Labute approximate surface area is 146 Å². The fraction of sp³-hybridized carbons (Fsp3) is 0.300. The van der Waals surface area contributed by atoms with Gasteiger partial charge in [-0.1, -0.05) is 24.3 Å². The number of nitrogens with one attached hydrogen (secondary N) is 1. The molecule has 0 spiro atoms. The van der Waals surface area contributed by atoms with Gasteiger partial charge in [-0.2, -0.15) is 0 Å². The number of anilines is 1. The van der Waals surface area contributed by atoms with Gasteiger partial charge in [-0.3, -0.25) is 9.59 Å². The van der Waals surface area contributed by atoms with Crippen molar-refractivity contribution in [3.8, 4) is 0 Å². The standard InChI is InChI=1S/C20H20N2O3/c23-17-12-14-4-1-2-5-16(14)19(17)21-20(25)13-7-9-15(10-8-13)22-11-3-6-18(22)24/h1-2,4-5,7-10,17,19,23H,3,6,11-12H2,(H,21,25)/t17-,19+/m1/s1. The maximum Gasteiger partial charge on any atom is 0.251 e. The lowest BCUT2D eigenvalue weighted by Crippen LogP contribution is -2.33. The molecule has 1 saturated heterocycles. The number of carbonyl (C=O) groups excluding carboxylic acids is 2. The van der Waals surface area contributed by atoms with Crippen LogP contribution < -0.4 is 10.2 Å². The lowest BCUT2D eigenvalue weighted by Gasteiger charge is -2.19. The fourth-order valence-corrected chi connectivity index (χ4v) is 3.69. The minimum atomic E-state index is -0.608. The summed E-state index contributed by atoms with van der Waals surface area (Å²) in [6.07, 6.45) is 1.40. The first-order chi connectivity index (χ1) is 12.1. The molecule has 5 heteroatoms. The predicted octanol–water partition coefficient (Wildman–Crippen LogP) is 2.20. The number of amides is 2. The largest absolute Gasteiger partial charge is 0.390 e. The zero-order chi connectivity index (χ0) is 17.4. The molecule has 1 heterocycles. The Bertz CT molecular complexity index is 816. The van der Waals surface area contributed by atoms with Crippen LogP contribution in [0.3, 0.4) is 0 Å². The molecular weight excluding hydrogens is 316 g/mol. The molecule has 0 bridgehead atoms. The highest BCUT2D eigenvalue weighted by Gasteiger charge is 2.32. The zero-order valence-corrected chi connectivity index (χ0v) is 13.8. The number of aliphatic hydroxyl groups excluding tert-OH is 1. The van der Waals surface area contributed by atoms with E-state index < -0.39 is 6.10 Å². The Morgan fingerprint density at radius 3 is 2.60 bits per heavy atom. The van der Waals surface area contributed by atoms with Crippen molar-refractivity contribution in [2.24, 2.45) is 0 Å². The van der Waals surface area contributed by atoms with Gasteiger partial charge >= 0.3 is 0 Å². The van der Waals surface area contributed by atoms with Crippen LogP contribution in [0, 0.1) is 0 Å². The van der Waals surface area contributed by atoms with Gasteiger partial charge in [-0.25, -0.2) is 0 Å². The SMILES string of the molecule is O=C(N[C@H]1c2ccccc2C[C@H]1O)c1ccc(N2CCCC2=O)cc1. The van der Waals surface area contributed by atoms with Gasteiger partial charge in [-0.15, -0.1) is 0 Å². The summed E-state index contributed by atoms with van der Waals surface area (Å²) in [4.78, 5) is 26.1. The van der Waals surface area contributed by atoms with E-state index in [1.165, 1.54) is 0 Å². The van der Waals surface area contributed by atoms with Crippen LogP contribution in [0.5, 0.6) is 0 Å². The highest BCUT2D eigenvalue weighted by molar-refractivity contribution is 5.97. The lowest BCUT2D eigenvalue weighted by molar-refractivity contribution is -0.117. The Hall–Kier alpha value is -2.66. The molecule has 1 aliphatic carbocycles. The lowest BCUT2D eigenvalue weighted by atomic mass is 10.1. The molecule has 2 aromatic carbocycles. The highest BCUT2D eigenvalue weighted by atomic mass is 16.3. The van der Waals surface area contributed by atoms with E-state index in [0.717, 1.165) is 29.8 Å². The van der Waals surface area contributed by atoms with Gasteiger partial charge in [0, 0.05) is 30.6 Å². The smallest absolute Gasteiger partial charge is 0.251 e. The first-order valence-electron chi connectivity index (χ1n) is 8.60.